The lowest BCUT2D eigenvalue weighted by molar-refractivity contribution is -0.121. The third kappa shape index (κ3) is 1.66. The van der Waals surface area contributed by atoms with E-state index in [1.165, 1.54) is 0 Å². The predicted octanol–water partition coefficient (Wildman–Crippen LogP) is 1.12. The maximum Gasteiger partial charge on any atom is 0.325 e. The highest BCUT2D eigenvalue weighted by Crippen LogP contribution is 2.16. The van der Waals surface area contributed by atoms with Crippen molar-refractivity contribution < 1.29 is 9.59 Å². The molecule has 74 valence electrons. The monoisotopic (exact) mass is 184 g/mol. The van der Waals surface area contributed by atoms with Crippen LogP contribution in [0.3, 0.4) is 0 Å². The highest BCUT2D eigenvalue weighted by molar-refractivity contribution is 6.04. The maximum absolute atomic E-state index is 11.3. The summed E-state index contributed by atoms with van der Waals surface area (Å²) in [5.74, 6) is -0.183. The molecule has 1 fully saturated rings. The number of nitrogens with one attached hydrogen (secondary N) is 1. The molecule has 3 amide bonds. The van der Waals surface area contributed by atoms with E-state index in [1.54, 1.807) is 11.8 Å². The van der Waals surface area contributed by atoms with Gasteiger partial charge in [-0.25, -0.2) is 4.79 Å². The summed E-state index contributed by atoms with van der Waals surface area (Å²) in [6, 6.07) is -0.370. The third-order valence-corrected chi connectivity index (χ3v) is 2.60. The smallest absolute Gasteiger partial charge is 0.310 e. The summed E-state index contributed by atoms with van der Waals surface area (Å²) in [6.07, 6.45) is 1.78. The standard InChI is InChI=1S/C9H16N2O2/c1-4-7(5-2)11-6(3)8(12)10-9(11)13/h6-7H,4-5H2,1-3H3,(H,10,12,13)/t6-/m0/s1. The van der Waals surface area contributed by atoms with E-state index in [-0.39, 0.29) is 24.0 Å². The molecule has 0 aliphatic carbocycles. The largest absolute Gasteiger partial charge is 0.325 e. The molecule has 4 heteroatoms. The first-order chi connectivity index (χ1) is 6.11. The summed E-state index contributed by atoms with van der Waals surface area (Å²) < 4.78 is 0. The first-order valence-corrected chi connectivity index (χ1v) is 4.74. The first kappa shape index (κ1) is 10.0. The Balaban J connectivity index is 2.78. The van der Waals surface area contributed by atoms with E-state index in [0.717, 1.165) is 12.8 Å². The normalized spacial score (nSPS) is 22.8. The van der Waals surface area contributed by atoms with Crippen LogP contribution in [0.5, 0.6) is 0 Å². The lowest BCUT2D eigenvalue weighted by atomic mass is 10.1. The van der Waals surface area contributed by atoms with Gasteiger partial charge in [-0.1, -0.05) is 13.8 Å². The van der Waals surface area contributed by atoms with Crippen molar-refractivity contribution in [2.75, 3.05) is 0 Å². The van der Waals surface area contributed by atoms with E-state index >= 15 is 0 Å². The fourth-order valence-electron chi connectivity index (χ4n) is 1.74. The molecule has 1 heterocycles. The van der Waals surface area contributed by atoms with Gasteiger partial charge in [0, 0.05) is 6.04 Å². The molecule has 1 rings (SSSR count). The highest BCUT2D eigenvalue weighted by Gasteiger charge is 2.37. The molecule has 0 aromatic carbocycles. The molecule has 0 aromatic rings. The quantitative estimate of drug-likeness (QED) is 0.668. The number of hydrogen-bond acceptors (Lipinski definition) is 2. The van der Waals surface area contributed by atoms with E-state index < -0.39 is 0 Å². The Morgan fingerprint density at radius 1 is 1.38 bits per heavy atom. The Morgan fingerprint density at radius 3 is 2.23 bits per heavy atom. The number of hydrogen-bond donors (Lipinski definition) is 1. The van der Waals surface area contributed by atoms with Crippen LogP contribution in [0.15, 0.2) is 0 Å². The van der Waals surface area contributed by atoms with E-state index in [2.05, 4.69) is 5.32 Å². The zero-order valence-corrected chi connectivity index (χ0v) is 8.33. The van der Waals surface area contributed by atoms with Gasteiger partial charge < -0.3 is 4.90 Å². The Labute approximate surface area is 78.3 Å². The van der Waals surface area contributed by atoms with Crippen LogP contribution in [-0.4, -0.2) is 28.9 Å². The van der Waals surface area contributed by atoms with Crippen LogP contribution in [0.2, 0.25) is 0 Å². The summed E-state index contributed by atoms with van der Waals surface area (Å²) in [4.78, 5) is 24.1. The molecular weight excluding hydrogens is 168 g/mol. The maximum atomic E-state index is 11.3. The molecule has 1 atom stereocenters. The van der Waals surface area contributed by atoms with Crippen molar-refractivity contribution in [3.8, 4) is 0 Å². The lowest BCUT2D eigenvalue weighted by Gasteiger charge is -2.27. The number of carbonyl (C=O) groups excluding carboxylic acids is 2. The first-order valence-electron chi connectivity index (χ1n) is 4.74. The highest BCUT2D eigenvalue weighted by atomic mass is 16.2. The number of nitrogens with zero attached hydrogens (tertiary/aromatic N) is 1. The summed E-state index contributed by atoms with van der Waals surface area (Å²) >= 11 is 0. The van der Waals surface area contributed by atoms with Gasteiger partial charge in [0.05, 0.1) is 0 Å². The van der Waals surface area contributed by atoms with Crippen molar-refractivity contribution in [1.82, 2.24) is 10.2 Å². The Bertz CT molecular complexity index is 224. The van der Waals surface area contributed by atoms with E-state index in [1.807, 2.05) is 13.8 Å². The summed E-state index contributed by atoms with van der Waals surface area (Å²) in [7, 11) is 0. The van der Waals surface area contributed by atoms with Gasteiger partial charge in [-0.3, -0.25) is 10.1 Å². The van der Waals surface area contributed by atoms with Crippen molar-refractivity contribution in [2.24, 2.45) is 0 Å². The van der Waals surface area contributed by atoms with Crippen LogP contribution < -0.4 is 5.32 Å². The van der Waals surface area contributed by atoms with Gasteiger partial charge in [-0.15, -0.1) is 0 Å². The Hall–Kier alpha value is -1.06. The SMILES string of the molecule is CCC(CC)N1C(=O)NC(=O)[C@@H]1C. The number of rotatable bonds is 3. The molecule has 0 spiro atoms. The molecule has 13 heavy (non-hydrogen) atoms. The second-order valence-electron chi connectivity index (χ2n) is 3.35. The van der Waals surface area contributed by atoms with E-state index in [9.17, 15) is 9.59 Å². The van der Waals surface area contributed by atoms with Crippen molar-refractivity contribution in [1.29, 1.82) is 0 Å². The van der Waals surface area contributed by atoms with Crippen molar-refractivity contribution >= 4 is 11.9 Å². The third-order valence-electron chi connectivity index (χ3n) is 2.60. The van der Waals surface area contributed by atoms with Gasteiger partial charge in [-0.05, 0) is 19.8 Å². The van der Waals surface area contributed by atoms with Gasteiger partial charge in [0.1, 0.15) is 6.04 Å². The second kappa shape index (κ2) is 3.77. The van der Waals surface area contributed by atoms with Crippen LogP contribution in [0.1, 0.15) is 33.6 Å². The van der Waals surface area contributed by atoms with E-state index in [0.29, 0.717) is 0 Å². The number of urea groups is 1. The number of imide groups is 1. The molecule has 1 N–H and O–H groups in total. The lowest BCUT2D eigenvalue weighted by Crippen LogP contribution is -2.41. The number of carbonyl (C=O) groups is 2. The van der Waals surface area contributed by atoms with Crippen LogP contribution in [0.25, 0.3) is 0 Å². The molecule has 0 aromatic heterocycles. The van der Waals surface area contributed by atoms with Crippen molar-refractivity contribution in [2.45, 2.75) is 45.7 Å². The number of amides is 3. The van der Waals surface area contributed by atoms with Gasteiger partial charge >= 0.3 is 6.03 Å². The average Bonchev–Trinajstić information content (AvgIpc) is 2.34. The summed E-state index contributed by atoms with van der Waals surface area (Å²) in [5.41, 5.74) is 0. The molecule has 1 saturated heterocycles. The molecule has 0 saturated carbocycles. The second-order valence-corrected chi connectivity index (χ2v) is 3.35. The summed E-state index contributed by atoms with van der Waals surface area (Å²) in [5, 5.41) is 2.31. The zero-order valence-electron chi connectivity index (χ0n) is 8.33. The molecular formula is C9H16N2O2. The Kier molecular flexibility index (Phi) is 2.90. The average molecular weight is 184 g/mol. The molecule has 0 unspecified atom stereocenters. The molecule has 0 bridgehead atoms. The molecule has 1 aliphatic heterocycles. The molecule has 1 aliphatic rings. The van der Waals surface area contributed by atoms with Crippen molar-refractivity contribution in [3.63, 3.8) is 0 Å². The van der Waals surface area contributed by atoms with Crippen LogP contribution in [0.4, 0.5) is 4.79 Å². The Morgan fingerprint density at radius 2 is 1.92 bits per heavy atom. The van der Waals surface area contributed by atoms with Crippen LogP contribution in [0, 0.1) is 0 Å². The van der Waals surface area contributed by atoms with E-state index in [4.69, 9.17) is 0 Å². The van der Waals surface area contributed by atoms with Gasteiger partial charge in [-0.2, -0.15) is 0 Å². The van der Waals surface area contributed by atoms with Crippen molar-refractivity contribution in [3.05, 3.63) is 0 Å². The zero-order chi connectivity index (χ0) is 10.0. The van der Waals surface area contributed by atoms with Gasteiger partial charge in [0.15, 0.2) is 0 Å². The van der Waals surface area contributed by atoms with Crippen LogP contribution >= 0.6 is 0 Å². The van der Waals surface area contributed by atoms with Crippen LogP contribution in [-0.2, 0) is 4.79 Å². The minimum atomic E-state index is -0.308. The predicted molar refractivity (Wildman–Crippen MR) is 49.2 cm³/mol. The van der Waals surface area contributed by atoms with Gasteiger partial charge in [0.25, 0.3) is 5.91 Å². The minimum absolute atomic E-state index is 0.182. The molecule has 4 nitrogen and oxygen atoms in total. The summed E-state index contributed by atoms with van der Waals surface area (Å²) in [6.45, 7) is 5.81. The molecule has 0 radical (unpaired) electrons. The fraction of sp³-hybridized carbons (Fsp3) is 0.778. The topological polar surface area (TPSA) is 49.4 Å². The fourth-order valence-corrected chi connectivity index (χ4v) is 1.74. The van der Waals surface area contributed by atoms with Gasteiger partial charge in [0.2, 0.25) is 0 Å². The minimum Gasteiger partial charge on any atom is -0.310 e.